The van der Waals surface area contributed by atoms with Gasteiger partial charge >= 0.3 is 0 Å². The Hall–Kier alpha value is -1.35. The maximum Gasteiger partial charge on any atom is 0.239 e. The Bertz CT molecular complexity index is 361. The number of carbonyl (C=O) groups excluding carboxylic acids is 1. The summed E-state index contributed by atoms with van der Waals surface area (Å²) in [5.74, 6) is 0.0614. The third-order valence-electron chi connectivity index (χ3n) is 3.11. The minimum Gasteiger partial charge on any atom is -0.334 e. The molecule has 1 aliphatic heterocycles. The van der Waals surface area contributed by atoms with Gasteiger partial charge in [-0.1, -0.05) is 30.3 Å². The van der Waals surface area contributed by atoms with Crippen LogP contribution in [0, 0.1) is 0 Å². The molecule has 1 amide bonds. The molecule has 16 heavy (non-hydrogen) atoms. The SMILES string of the molecule is CC(N)C(=O)N1CCCC1c1ccccc1. The normalized spacial score (nSPS) is 22.1. The van der Waals surface area contributed by atoms with Crippen molar-refractivity contribution in [1.82, 2.24) is 4.90 Å². The molecule has 2 atom stereocenters. The summed E-state index contributed by atoms with van der Waals surface area (Å²) in [4.78, 5) is 13.8. The van der Waals surface area contributed by atoms with Gasteiger partial charge in [-0.15, -0.1) is 0 Å². The molecule has 0 spiro atoms. The van der Waals surface area contributed by atoms with Gasteiger partial charge in [0.15, 0.2) is 0 Å². The fourth-order valence-corrected chi connectivity index (χ4v) is 2.31. The molecule has 0 aromatic heterocycles. The minimum atomic E-state index is -0.399. The Morgan fingerprint density at radius 3 is 2.75 bits per heavy atom. The second kappa shape index (κ2) is 4.66. The molecule has 1 fully saturated rings. The van der Waals surface area contributed by atoms with Crippen LogP contribution in [0.3, 0.4) is 0 Å². The fraction of sp³-hybridized carbons (Fsp3) is 0.462. The lowest BCUT2D eigenvalue weighted by Gasteiger charge is -2.26. The van der Waals surface area contributed by atoms with Crippen molar-refractivity contribution in [2.24, 2.45) is 5.73 Å². The first-order valence-corrected chi connectivity index (χ1v) is 5.81. The van der Waals surface area contributed by atoms with Gasteiger partial charge in [-0.3, -0.25) is 4.79 Å². The summed E-state index contributed by atoms with van der Waals surface area (Å²) in [5, 5.41) is 0. The summed E-state index contributed by atoms with van der Waals surface area (Å²) in [6, 6.07) is 10.0. The summed E-state index contributed by atoms with van der Waals surface area (Å²) in [6.07, 6.45) is 2.11. The Labute approximate surface area is 96.2 Å². The van der Waals surface area contributed by atoms with Gasteiger partial charge in [0.05, 0.1) is 12.1 Å². The van der Waals surface area contributed by atoms with Crippen molar-refractivity contribution in [1.29, 1.82) is 0 Å². The molecule has 1 aromatic rings. The standard InChI is InChI=1S/C13H18N2O/c1-10(14)13(16)15-9-5-8-12(15)11-6-3-2-4-7-11/h2-4,6-7,10,12H,5,8-9,14H2,1H3. The van der Waals surface area contributed by atoms with E-state index in [0.29, 0.717) is 0 Å². The van der Waals surface area contributed by atoms with Crippen LogP contribution in [0.15, 0.2) is 30.3 Å². The van der Waals surface area contributed by atoms with Gasteiger partial charge in [0.25, 0.3) is 0 Å². The average Bonchev–Trinajstić information content (AvgIpc) is 2.77. The minimum absolute atomic E-state index is 0.0614. The van der Waals surface area contributed by atoms with E-state index in [-0.39, 0.29) is 11.9 Å². The van der Waals surface area contributed by atoms with Crippen LogP contribution in [-0.2, 0) is 4.79 Å². The molecule has 1 aromatic carbocycles. The molecule has 3 heteroatoms. The van der Waals surface area contributed by atoms with E-state index >= 15 is 0 Å². The molecule has 0 saturated carbocycles. The van der Waals surface area contributed by atoms with Crippen LogP contribution in [0.2, 0.25) is 0 Å². The van der Waals surface area contributed by atoms with Gasteiger partial charge < -0.3 is 10.6 Å². The van der Waals surface area contributed by atoms with Crippen molar-refractivity contribution in [2.45, 2.75) is 31.8 Å². The zero-order chi connectivity index (χ0) is 11.5. The van der Waals surface area contributed by atoms with Crippen LogP contribution in [0.4, 0.5) is 0 Å². The number of hydrogen-bond donors (Lipinski definition) is 1. The number of hydrogen-bond acceptors (Lipinski definition) is 2. The molecule has 0 aliphatic carbocycles. The van der Waals surface area contributed by atoms with Crippen LogP contribution in [-0.4, -0.2) is 23.4 Å². The van der Waals surface area contributed by atoms with E-state index in [4.69, 9.17) is 5.73 Å². The molecule has 1 saturated heterocycles. The highest BCUT2D eigenvalue weighted by Crippen LogP contribution is 2.31. The summed E-state index contributed by atoms with van der Waals surface area (Å²) >= 11 is 0. The highest BCUT2D eigenvalue weighted by atomic mass is 16.2. The van der Waals surface area contributed by atoms with E-state index in [2.05, 4.69) is 12.1 Å². The number of rotatable bonds is 2. The third kappa shape index (κ3) is 2.09. The van der Waals surface area contributed by atoms with Crippen molar-refractivity contribution in [3.63, 3.8) is 0 Å². The molecule has 2 N–H and O–H groups in total. The predicted molar refractivity (Wildman–Crippen MR) is 63.8 cm³/mol. The second-order valence-corrected chi connectivity index (χ2v) is 4.39. The van der Waals surface area contributed by atoms with Crippen molar-refractivity contribution in [3.8, 4) is 0 Å². The predicted octanol–water partition coefficient (Wildman–Crippen LogP) is 1.70. The van der Waals surface area contributed by atoms with Crippen LogP contribution < -0.4 is 5.73 Å². The monoisotopic (exact) mass is 218 g/mol. The quantitative estimate of drug-likeness (QED) is 0.821. The zero-order valence-electron chi connectivity index (χ0n) is 9.60. The average molecular weight is 218 g/mol. The number of carbonyl (C=O) groups is 1. The van der Waals surface area contributed by atoms with E-state index in [1.807, 2.05) is 23.1 Å². The third-order valence-corrected chi connectivity index (χ3v) is 3.11. The Morgan fingerprint density at radius 1 is 1.44 bits per heavy atom. The van der Waals surface area contributed by atoms with Crippen LogP contribution in [0.5, 0.6) is 0 Å². The van der Waals surface area contributed by atoms with E-state index in [9.17, 15) is 4.79 Å². The first-order valence-electron chi connectivity index (χ1n) is 5.81. The van der Waals surface area contributed by atoms with Crippen LogP contribution >= 0.6 is 0 Å². The molecule has 1 aliphatic rings. The van der Waals surface area contributed by atoms with E-state index in [1.54, 1.807) is 6.92 Å². The molecular weight excluding hydrogens is 200 g/mol. The van der Waals surface area contributed by atoms with E-state index in [1.165, 1.54) is 5.56 Å². The summed E-state index contributed by atoms with van der Waals surface area (Å²) < 4.78 is 0. The first kappa shape index (κ1) is 11.1. The zero-order valence-corrected chi connectivity index (χ0v) is 9.60. The topological polar surface area (TPSA) is 46.3 Å². The van der Waals surface area contributed by atoms with Crippen molar-refractivity contribution in [3.05, 3.63) is 35.9 Å². The van der Waals surface area contributed by atoms with Crippen molar-refractivity contribution < 1.29 is 4.79 Å². The molecule has 0 bridgehead atoms. The lowest BCUT2D eigenvalue weighted by atomic mass is 10.0. The highest BCUT2D eigenvalue weighted by Gasteiger charge is 2.30. The lowest BCUT2D eigenvalue weighted by Crippen LogP contribution is -2.41. The molecule has 86 valence electrons. The Morgan fingerprint density at radius 2 is 2.12 bits per heavy atom. The number of likely N-dealkylation sites (tertiary alicyclic amines) is 1. The molecule has 1 heterocycles. The summed E-state index contributed by atoms with van der Waals surface area (Å²) in [5.41, 5.74) is 6.88. The largest absolute Gasteiger partial charge is 0.334 e. The summed E-state index contributed by atoms with van der Waals surface area (Å²) in [7, 11) is 0. The van der Waals surface area contributed by atoms with E-state index in [0.717, 1.165) is 19.4 Å². The maximum absolute atomic E-state index is 11.9. The van der Waals surface area contributed by atoms with Crippen molar-refractivity contribution >= 4 is 5.91 Å². The molecule has 0 radical (unpaired) electrons. The van der Waals surface area contributed by atoms with Crippen LogP contribution in [0.1, 0.15) is 31.4 Å². The smallest absolute Gasteiger partial charge is 0.239 e. The number of amides is 1. The van der Waals surface area contributed by atoms with Gasteiger partial charge in [-0.25, -0.2) is 0 Å². The second-order valence-electron chi connectivity index (χ2n) is 4.39. The number of benzene rings is 1. The molecule has 2 unspecified atom stereocenters. The van der Waals surface area contributed by atoms with Crippen molar-refractivity contribution in [2.75, 3.05) is 6.54 Å². The van der Waals surface area contributed by atoms with Gasteiger partial charge in [-0.2, -0.15) is 0 Å². The number of nitrogens with zero attached hydrogens (tertiary/aromatic N) is 1. The lowest BCUT2D eigenvalue weighted by molar-refractivity contribution is -0.133. The van der Waals surface area contributed by atoms with Gasteiger partial charge in [0, 0.05) is 6.54 Å². The Kier molecular flexibility index (Phi) is 3.25. The van der Waals surface area contributed by atoms with Gasteiger partial charge in [-0.05, 0) is 25.3 Å². The van der Waals surface area contributed by atoms with Gasteiger partial charge in [0.2, 0.25) is 5.91 Å². The Balaban J connectivity index is 2.19. The van der Waals surface area contributed by atoms with Crippen LogP contribution in [0.25, 0.3) is 0 Å². The van der Waals surface area contributed by atoms with E-state index < -0.39 is 6.04 Å². The number of nitrogens with two attached hydrogens (primary N) is 1. The van der Waals surface area contributed by atoms with Gasteiger partial charge in [0.1, 0.15) is 0 Å². The molecule has 3 nitrogen and oxygen atoms in total. The maximum atomic E-state index is 11.9. The molecular formula is C13H18N2O. The summed E-state index contributed by atoms with van der Waals surface area (Å²) in [6.45, 7) is 2.59. The first-order chi connectivity index (χ1) is 7.70. The molecule has 2 rings (SSSR count). The fourth-order valence-electron chi connectivity index (χ4n) is 2.31. The highest BCUT2D eigenvalue weighted by molar-refractivity contribution is 5.81.